The number of fused-ring (bicyclic) bond motifs is 2. The quantitative estimate of drug-likeness (QED) is 0.487. The standard InChI is InChI=1S/C22H15NO/c1-24-21-8-4-6-16-9-11-17(13-20(16)21)22-18(14-23)12-10-15-5-2-3-7-19(15)22/h2-13H,1H3. The molecule has 0 spiro atoms. The Morgan fingerprint density at radius 1 is 0.792 bits per heavy atom. The van der Waals surface area contributed by atoms with Gasteiger partial charge in [0.25, 0.3) is 0 Å². The van der Waals surface area contributed by atoms with Crippen molar-refractivity contribution < 1.29 is 4.74 Å². The molecule has 4 aromatic rings. The summed E-state index contributed by atoms with van der Waals surface area (Å²) in [7, 11) is 1.68. The summed E-state index contributed by atoms with van der Waals surface area (Å²) in [6, 6.07) is 26.7. The van der Waals surface area contributed by atoms with Crippen LogP contribution in [-0.4, -0.2) is 7.11 Å². The van der Waals surface area contributed by atoms with E-state index in [2.05, 4.69) is 42.5 Å². The van der Waals surface area contributed by atoms with Gasteiger partial charge >= 0.3 is 0 Å². The zero-order valence-corrected chi connectivity index (χ0v) is 13.3. The highest BCUT2D eigenvalue weighted by atomic mass is 16.5. The van der Waals surface area contributed by atoms with Crippen molar-refractivity contribution in [1.82, 2.24) is 0 Å². The highest BCUT2D eigenvalue weighted by Gasteiger charge is 2.11. The minimum absolute atomic E-state index is 0.683. The maximum atomic E-state index is 9.58. The molecule has 0 aliphatic rings. The van der Waals surface area contributed by atoms with Crippen molar-refractivity contribution in [3.8, 4) is 22.9 Å². The number of rotatable bonds is 2. The van der Waals surface area contributed by atoms with Crippen molar-refractivity contribution in [1.29, 1.82) is 5.26 Å². The minimum atomic E-state index is 0.683. The fourth-order valence-electron chi connectivity index (χ4n) is 3.25. The van der Waals surface area contributed by atoms with Gasteiger partial charge in [-0.05, 0) is 39.9 Å². The van der Waals surface area contributed by atoms with Crippen LogP contribution in [0.2, 0.25) is 0 Å². The first kappa shape index (κ1) is 14.3. The minimum Gasteiger partial charge on any atom is -0.496 e. The SMILES string of the molecule is COc1cccc2ccc(-c3c(C#N)ccc4ccccc34)cc12. The van der Waals surface area contributed by atoms with Crippen LogP contribution in [0.1, 0.15) is 5.56 Å². The van der Waals surface area contributed by atoms with Gasteiger partial charge in [0.1, 0.15) is 5.75 Å². The van der Waals surface area contributed by atoms with Gasteiger partial charge in [-0.3, -0.25) is 0 Å². The molecule has 0 fully saturated rings. The summed E-state index contributed by atoms with van der Waals surface area (Å²) in [5.74, 6) is 0.841. The summed E-state index contributed by atoms with van der Waals surface area (Å²) in [5, 5.41) is 14.0. The van der Waals surface area contributed by atoms with Gasteiger partial charge < -0.3 is 4.74 Å². The van der Waals surface area contributed by atoms with E-state index in [1.807, 2.05) is 36.4 Å². The predicted molar refractivity (Wildman–Crippen MR) is 98.2 cm³/mol. The van der Waals surface area contributed by atoms with Crippen molar-refractivity contribution >= 4 is 21.5 Å². The van der Waals surface area contributed by atoms with Gasteiger partial charge in [-0.15, -0.1) is 0 Å². The lowest BCUT2D eigenvalue weighted by Crippen LogP contribution is -1.89. The molecule has 4 aromatic carbocycles. The predicted octanol–water partition coefficient (Wildman–Crippen LogP) is 5.54. The van der Waals surface area contributed by atoms with Crippen molar-refractivity contribution in [2.24, 2.45) is 0 Å². The molecule has 4 rings (SSSR count). The Hall–Kier alpha value is -3.31. The number of hydrogen-bond donors (Lipinski definition) is 0. The fraction of sp³-hybridized carbons (Fsp3) is 0.0455. The highest BCUT2D eigenvalue weighted by Crippen LogP contribution is 2.35. The third-order valence-corrected chi connectivity index (χ3v) is 4.40. The molecule has 0 amide bonds. The first-order chi connectivity index (χ1) is 11.8. The third-order valence-electron chi connectivity index (χ3n) is 4.40. The molecule has 2 heteroatoms. The Labute approximate surface area is 140 Å². The van der Waals surface area contributed by atoms with E-state index in [0.717, 1.165) is 38.4 Å². The molecule has 0 N–H and O–H groups in total. The van der Waals surface area contributed by atoms with Gasteiger partial charge in [-0.2, -0.15) is 5.26 Å². The van der Waals surface area contributed by atoms with Crippen LogP contribution in [0.4, 0.5) is 0 Å². The van der Waals surface area contributed by atoms with Crippen LogP contribution in [0.5, 0.6) is 5.75 Å². The number of nitriles is 1. The molecule has 2 nitrogen and oxygen atoms in total. The van der Waals surface area contributed by atoms with Crippen molar-refractivity contribution in [3.05, 3.63) is 78.4 Å². The van der Waals surface area contributed by atoms with Crippen LogP contribution in [0.3, 0.4) is 0 Å². The second-order valence-electron chi connectivity index (χ2n) is 5.72. The summed E-state index contributed by atoms with van der Waals surface area (Å²) >= 11 is 0. The molecule has 0 bridgehead atoms. The summed E-state index contributed by atoms with van der Waals surface area (Å²) in [6.07, 6.45) is 0. The molecule has 0 aliphatic heterocycles. The zero-order valence-electron chi connectivity index (χ0n) is 13.3. The molecule has 0 aromatic heterocycles. The van der Waals surface area contributed by atoms with Gasteiger partial charge in [-0.1, -0.05) is 54.6 Å². The zero-order chi connectivity index (χ0) is 16.5. The Balaban J connectivity index is 2.08. The number of ether oxygens (including phenoxy) is 1. The molecule has 0 saturated heterocycles. The van der Waals surface area contributed by atoms with E-state index >= 15 is 0 Å². The van der Waals surface area contributed by atoms with Gasteiger partial charge in [-0.25, -0.2) is 0 Å². The van der Waals surface area contributed by atoms with E-state index in [4.69, 9.17) is 4.74 Å². The lowest BCUT2D eigenvalue weighted by Gasteiger charge is -2.12. The van der Waals surface area contributed by atoms with Gasteiger partial charge in [0, 0.05) is 10.9 Å². The Morgan fingerprint density at radius 2 is 1.54 bits per heavy atom. The second kappa shape index (κ2) is 5.72. The third kappa shape index (κ3) is 2.19. The molecule has 0 aliphatic carbocycles. The summed E-state index contributed by atoms with van der Waals surface area (Å²) in [5.41, 5.74) is 2.69. The van der Waals surface area contributed by atoms with Crippen LogP contribution < -0.4 is 4.74 Å². The number of benzene rings is 4. The van der Waals surface area contributed by atoms with E-state index in [-0.39, 0.29) is 0 Å². The van der Waals surface area contributed by atoms with E-state index in [9.17, 15) is 5.26 Å². The Bertz CT molecular complexity index is 1110. The van der Waals surface area contributed by atoms with E-state index < -0.39 is 0 Å². The average molecular weight is 309 g/mol. The molecule has 0 unspecified atom stereocenters. The first-order valence-electron chi connectivity index (χ1n) is 7.81. The summed E-state index contributed by atoms with van der Waals surface area (Å²) in [6.45, 7) is 0. The average Bonchev–Trinajstić information content (AvgIpc) is 2.66. The highest BCUT2D eigenvalue weighted by molar-refractivity contribution is 6.02. The molecular weight excluding hydrogens is 294 g/mol. The normalized spacial score (nSPS) is 10.7. The van der Waals surface area contributed by atoms with Crippen LogP contribution >= 0.6 is 0 Å². The lowest BCUT2D eigenvalue weighted by atomic mass is 9.92. The van der Waals surface area contributed by atoms with E-state index in [0.29, 0.717) is 5.56 Å². The van der Waals surface area contributed by atoms with Crippen LogP contribution in [0.25, 0.3) is 32.7 Å². The molecule has 114 valence electrons. The monoisotopic (exact) mass is 309 g/mol. The van der Waals surface area contributed by atoms with Crippen LogP contribution in [-0.2, 0) is 0 Å². The smallest absolute Gasteiger partial charge is 0.126 e. The second-order valence-corrected chi connectivity index (χ2v) is 5.72. The molecule has 0 heterocycles. The molecule has 0 saturated carbocycles. The molecule has 0 radical (unpaired) electrons. The Kier molecular flexibility index (Phi) is 3.40. The van der Waals surface area contributed by atoms with E-state index in [1.165, 1.54) is 0 Å². The number of nitrogens with zero attached hydrogens (tertiary/aromatic N) is 1. The van der Waals surface area contributed by atoms with Crippen LogP contribution in [0, 0.1) is 11.3 Å². The maximum Gasteiger partial charge on any atom is 0.126 e. The van der Waals surface area contributed by atoms with E-state index in [1.54, 1.807) is 7.11 Å². The molecular formula is C22H15NO. The van der Waals surface area contributed by atoms with Gasteiger partial charge in [0.15, 0.2) is 0 Å². The number of hydrogen-bond acceptors (Lipinski definition) is 2. The molecule has 24 heavy (non-hydrogen) atoms. The summed E-state index contributed by atoms with van der Waals surface area (Å²) < 4.78 is 5.50. The fourth-order valence-corrected chi connectivity index (χ4v) is 3.25. The lowest BCUT2D eigenvalue weighted by molar-refractivity contribution is 0.420. The largest absolute Gasteiger partial charge is 0.496 e. The number of methoxy groups -OCH3 is 1. The molecule has 0 atom stereocenters. The van der Waals surface area contributed by atoms with Crippen molar-refractivity contribution in [2.75, 3.05) is 7.11 Å². The summed E-state index contributed by atoms with van der Waals surface area (Å²) in [4.78, 5) is 0. The Morgan fingerprint density at radius 3 is 2.38 bits per heavy atom. The van der Waals surface area contributed by atoms with Gasteiger partial charge in [0.05, 0.1) is 18.7 Å². The van der Waals surface area contributed by atoms with Crippen LogP contribution in [0.15, 0.2) is 72.8 Å². The topological polar surface area (TPSA) is 33.0 Å². The van der Waals surface area contributed by atoms with Gasteiger partial charge in [0.2, 0.25) is 0 Å². The maximum absolute atomic E-state index is 9.58. The first-order valence-corrected chi connectivity index (χ1v) is 7.81. The van der Waals surface area contributed by atoms with Crippen molar-refractivity contribution in [2.45, 2.75) is 0 Å². The van der Waals surface area contributed by atoms with Crippen molar-refractivity contribution in [3.63, 3.8) is 0 Å².